The van der Waals surface area contributed by atoms with E-state index in [1.165, 1.54) is 0 Å². The summed E-state index contributed by atoms with van der Waals surface area (Å²) < 4.78 is 5.22. The lowest BCUT2D eigenvalue weighted by Gasteiger charge is -2.11. The van der Waals surface area contributed by atoms with Gasteiger partial charge in [0.2, 0.25) is 0 Å². The van der Waals surface area contributed by atoms with Crippen molar-refractivity contribution >= 4 is 11.7 Å². The average Bonchev–Trinajstić information content (AvgIpc) is 2.48. The lowest BCUT2D eigenvalue weighted by molar-refractivity contribution is 0.252. The van der Waals surface area contributed by atoms with Crippen molar-refractivity contribution in [3.63, 3.8) is 0 Å². The first-order chi connectivity index (χ1) is 10.2. The van der Waals surface area contributed by atoms with E-state index in [4.69, 9.17) is 9.84 Å². The van der Waals surface area contributed by atoms with Crippen molar-refractivity contribution < 1.29 is 14.6 Å². The van der Waals surface area contributed by atoms with E-state index in [1.54, 1.807) is 19.2 Å². The quantitative estimate of drug-likeness (QED) is 0.556. The number of carbonyl (C=O) groups excluding carboxylic acids is 1. The molecule has 1 aromatic carbocycles. The van der Waals surface area contributed by atoms with E-state index >= 15 is 0 Å². The highest BCUT2D eigenvalue weighted by atomic mass is 16.5. The van der Waals surface area contributed by atoms with Crippen molar-refractivity contribution in [1.82, 2.24) is 5.32 Å². The Balaban J connectivity index is 2.76. The van der Waals surface area contributed by atoms with E-state index in [2.05, 4.69) is 29.4 Å². The Morgan fingerprint density at radius 1 is 1.43 bits per heavy atom. The van der Waals surface area contributed by atoms with Gasteiger partial charge in [-0.15, -0.1) is 0 Å². The van der Waals surface area contributed by atoms with Gasteiger partial charge in [0.1, 0.15) is 5.75 Å². The molecule has 1 aromatic rings. The number of amides is 2. The summed E-state index contributed by atoms with van der Waals surface area (Å²) in [6.07, 6.45) is 2.39. The van der Waals surface area contributed by atoms with Gasteiger partial charge in [0.05, 0.1) is 19.4 Å². The fourth-order valence-electron chi connectivity index (χ4n) is 1.65. The number of aliphatic hydroxyl groups is 1. The molecule has 0 saturated heterocycles. The third kappa shape index (κ3) is 6.19. The number of nitrogens with one attached hydrogen (secondary N) is 2. The van der Waals surface area contributed by atoms with Gasteiger partial charge in [-0.1, -0.05) is 25.2 Å². The number of urea groups is 1. The van der Waals surface area contributed by atoms with E-state index in [9.17, 15) is 4.79 Å². The first-order valence-electron chi connectivity index (χ1n) is 7.03. The zero-order valence-corrected chi connectivity index (χ0v) is 12.5. The third-order valence-corrected chi connectivity index (χ3v) is 2.73. The number of anilines is 1. The summed E-state index contributed by atoms with van der Waals surface area (Å²) in [6, 6.07) is 5.05. The maximum absolute atomic E-state index is 11.8. The minimum absolute atomic E-state index is 0.0358. The number of methoxy groups -OCH3 is 1. The Hall–Kier alpha value is -2.19. The molecule has 2 amide bonds. The van der Waals surface area contributed by atoms with Crippen LogP contribution in [-0.2, 0) is 0 Å². The van der Waals surface area contributed by atoms with Gasteiger partial charge in [0, 0.05) is 18.5 Å². The highest BCUT2D eigenvalue weighted by molar-refractivity contribution is 5.91. The lowest BCUT2D eigenvalue weighted by atomic mass is 10.2. The average molecular weight is 290 g/mol. The van der Waals surface area contributed by atoms with E-state index in [0.29, 0.717) is 24.4 Å². The molecule has 3 N–H and O–H groups in total. The Kier molecular flexibility index (Phi) is 7.77. The van der Waals surface area contributed by atoms with Gasteiger partial charge < -0.3 is 20.5 Å². The summed E-state index contributed by atoms with van der Waals surface area (Å²) in [5.41, 5.74) is 1.33. The molecule has 0 atom stereocenters. The molecule has 114 valence electrons. The van der Waals surface area contributed by atoms with Crippen LogP contribution in [0.1, 0.15) is 31.7 Å². The SMILES string of the molecule is CCCCNC(=O)Nc1cc(C#CCCO)ccc1OC. The van der Waals surface area contributed by atoms with Gasteiger partial charge in [0.15, 0.2) is 0 Å². The van der Waals surface area contributed by atoms with Gasteiger partial charge in [-0.25, -0.2) is 4.79 Å². The van der Waals surface area contributed by atoms with Gasteiger partial charge in [-0.3, -0.25) is 0 Å². The number of ether oxygens (including phenoxy) is 1. The summed E-state index contributed by atoms with van der Waals surface area (Å²) >= 11 is 0. The fraction of sp³-hybridized carbons (Fsp3) is 0.438. The highest BCUT2D eigenvalue weighted by Crippen LogP contribution is 2.25. The number of carbonyl (C=O) groups is 1. The van der Waals surface area contributed by atoms with Gasteiger partial charge in [0.25, 0.3) is 0 Å². The molecule has 0 radical (unpaired) electrons. The molecule has 21 heavy (non-hydrogen) atoms. The van der Waals surface area contributed by atoms with Gasteiger partial charge in [-0.2, -0.15) is 0 Å². The van der Waals surface area contributed by atoms with Crippen LogP contribution in [0.25, 0.3) is 0 Å². The van der Waals surface area contributed by atoms with Crippen molar-refractivity contribution in [3.05, 3.63) is 23.8 Å². The molecule has 5 heteroatoms. The van der Waals surface area contributed by atoms with E-state index in [0.717, 1.165) is 18.4 Å². The van der Waals surface area contributed by atoms with E-state index < -0.39 is 0 Å². The molecule has 0 fully saturated rings. The third-order valence-electron chi connectivity index (χ3n) is 2.73. The zero-order valence-electron chi connectivity index (χ0n) is 12.5. The van der Waals surface area contributed by atoms with Crippen molar-refractivity contribution in [1.29, 1.82) is 0 Å². The summed E-state index contributed by atoms with van der Waals surface area (Å²) in [7, 11) is 1.55. The van der Waals surface area contributed by atoms with Crippen molar-refractivity contribution in [2.24, 2.45) is 0 Å². The predicted octanol–water partition coefficient (Wildman–Crippen LogP) is 2.35. The second-order valence-corrected chi connectivity index (χ2v) is 4.42. The van der Waals surface area contributed by atoms with Crippen LogP contribution in [0, 0.1) is 11.8 Å². The van der Waals surface area contributed by atoms with Crippen LogP contribution in [0.3, 0.4) is 0 Å². The monoisotopic (exact) mass is 290 g/mol. The van der Waals surface area contributed by atoms with Crippen LogP contribution < -0.4 is 15.4 Å². The van der Waals surface area contributed by atoms with Crippen molar-refractivity contribution in [2.45, 2.75) is 26.2 Å². The Morgan fingerprint density at radius 2 is 2.24 bits per heavy atom. The minimum atomic E-state index is -0.262. The van der Waals surface area contributed by atoms with E-state index in [-0.39, 0.29) is 12.6 Å². The zero-order chi connectivity index (χ0) is 15.5. The topological polar surface area (TPSA) is 70.6 Å². The molecule has 0 unspecified atom stereocenters. The molecule has 0 aliphatic carbocycles. The van der Waals surface area contributed by atoms with Crippen LogP contribution >= 0.6 is 0 Å². The predicted molar refractivity (Wildman–Crippen MR) is 83.5 cm³/mol. The molecule has 0 aliphatic heterocycles. The number of aliphatic hydroxyl groups excluding tert-OH is 1. The van der Waals surface area contributed by atoms with Crippen LogP contribution in [0.15, 0.2) is 18.2 Å². The lowest BCUT2D eigenvalue weighted by Crippen LogP contribution is -2.29. The Labute approximate surface area is 125 Å². The molecule has 0 heterocycles. The molecule has 1 rings (SSSR count). The van der Waals surface area contributed by atoms with Crippen LogP contribution in [0.2, 0.25) is 0 Å². The number of hydrogen-bond donors (Lipinski definition) is 3. The number of rotatable bonds is 6. The maximum atomic E-state index is 11.8. The number of benzene rings is 1. The molecule has 0 aliphatic rings. The molecular formula is C16H22N2O3. The van der Waals surface area contributed by atoms with Crippen LogP contribution in [0.5, 0.6) is 5.75 Å². The van der Waals surface area contributed by atoms with Crippen molar-refractivity contribution in [3.8, 4) is 17.6 Å². The number of hydrogen-bond acceptors (Lipinski definition) is 3. The van der Waals surface area contributed by atoms with Crippen LogP contribution in [-0.4, -0.2) is 31.4 Å². The molecule has 0 aromatic heterocycles. The Bertz CT molecular complexity index is 518. The van der Waals surface area contributed by atoms with Crippen molar-refractivity contribution in [2.75, 3.05) is 25.6 Å². The molecule has 0 saturated carbocycles. The summed E-state index contributed by atoms with van der Waals surface area (Å²) in [5.74, 6) is 6.34. The first-order valence-corrected chi connectivity index (χ1v) is 7.03. The fourth-order valence-corrected chi connectivity index (χ4v) is 1.65. The standard InChI is InChI=1S/C16H22N2O3/c1-3-4-10-17-16(20)18-14-12-13(7-5-6-11-19)8-9-15(14)21-2/h8-9,12,19H,3-4,6,10-11H2,1-2H3,(H2,17,18,20). The first kappa shape index (κ1) is 16.9. The minimum Gasteiger partial charge on any atom is -0.495 e. The highest BCUT2D eigenvalue weighted by Gasteiger charge is 2.07. The molecule has 0 spiro atoms. The normalized spacial score (nSPS) is 9.48. The summed E-state index contributed by atoms with van der Waals surface area (Å²) in [4.78, 5) is 11.8. The van der Waals surface area contributed by atoms with E-state index in [1.807, 2.05) is 6.07 Å². The number of unbranched alkanes of at least 4 members (excludes halogenated alkanes) is 1. The van der Waals surface area contributed by atoms with Gasteiger partial charge in [-0.05, 0) is 24.6 Å². The second-order valence-electron chi connectivity index (χ2n) is 4.42. The molecular weight excluding hydrogens is 268 g/mol. The summed E-state index contributed by atoms with van der Waals surface area (Å²) in [6.45, 7) is 2.74. The maximum Gasteiger partial charge on any atom is 0.319 e. The largest absolute Gasteiger partial charge is 0.495 e. The molecule has 5 nitrogen and oxygen atoms in total. The second kappa shape index (κ2) is 9.67. The summed E-state index contributed by atoms with van der Waals surface area (Å²) in [5, 5.41) is 14.3. The van der Waals surface area contributed by atoms with Crippen LogP contribution in [0.4, 0.5) is 10.5 Å². The smallest absolute Gasteiger partial charge is 0.319 e. The van der Waals surface area contributed by atoms with Gasteiger partial charge >= 0.3 is 6.03 Å². The Morgan fingerprint density at radius 3 is 2.90 bits per heavy atom. The molecule has 0 bridgehead atoms.